The van der Waals surface area contributed by atoms with Crippen LogP contribution in [0.15, 0.2) is 23.8 Å². The third-order valence-electron chi connectivity index (χ3n) is 11.7. The number of nitrogens with zero attached hydrogens (tertiary/aromatic N) is 2. The third-order valence-corrected chi connectivity index (χ3v) is 11.7. The molecule has 4 rings (SSSR count). The lowest BCUT2D eigenvalue weighted by molar-refractivity contribution is -0.126. The SMILES string of the molecule is CO[C@H]([C@@H](C)[C@H]1O[C@]1(C)C[C@H](C)/C=C/C=C(\C)[C@H]1O[C@@H](CCC(=O)C2CCC(COC(=O)N3CCN(C)CC3)CC2)CC[C@@H]1C)[C@@H](C)O. The molecule has 0 aromatic rings. The maximum Gasteiger partial charge on any atom is 0.409 e. The minimum Gasteiger partial charge on any atom is -0.449 e. The van der Waals surface area contributed by atoms with Crippen molar-refractivity contribution in [2.75, 3.05) is 46.9 Å². The molecular formula is C39H66N2O7. The summed E-state index contributed by atoms with van der Waals surface area (Å²) in [5.74, 6) is 1.78. The van der Waals surface area contributed by atoms with Crippen LogP contribution in [0.4, 0.5) is 4.79 Å². The van der Waals surface area contributed by atoms with Crippen LogP contribution in [0.5, 0.6) is 0 Å². The molecule has 1 amide bonds. The highest BCUT2D eigenvalue weighted by Crippen LogP contribution is 2.47. The summed E-state index contributed by atoms with van der Waals surface area (Å²) in [6, 6.07) is 0. The van der Waals surface area contributed by atoms with Gasteiger partial charge in [0.15, 0.2) is 0 Å². The fraction of sp³-hybridized carbons (Fsp3) is 0.846. The highest BCUT2D eigenvalue weighted by molar-refractivity contribution is 5.81. The van der Waals surface area contributed by atoms with E-state index in [9.17, 15) is 14.7 Å². The Morgan fingerprint density at radius 2 is 1.73 bits per heavy atom. The van der Waals surface area contributed by atoms with Gasteiger partial charge in [0.25, 0.3) is 0 Å². The van der Waals surface area contributed by atoms with Crippen molar-refractivity contribution in [2.45, 2.75) is 135 Å². The molecule has 0 aromatic heterocycles. The molecule has 0 unspecified atom stereocenters. The first-order valence-corrected chi connectivity index (χ1v) is 18.8. The van der Waals surface area contributed by atoms with E-state index in [1.807, 2.05) is 4.90 Å². The molecule has 0 bridgehead atoms. The Kier molecular flexibility index (Phi) is 14.6. The van der Waals surface area contributed by atoms with E-state index >= 15 is 0 Å². The summed E-state index contributed by atoms with van der Waals surface area (Å²) >= 11 is 0. The Balaban J connectivity index is 1.15. The van der Waals surface area contributed by atoms with Gasteiger partial charge in [0.05, 0.1) is 42.7 Å². The van der Waals surface area contributed by atoms with Gasteiger partial charge in [0.2, 0.25) is 0 Å². The number of Topliss-reactive ketones (excluding diaryl/α,β-unsaturated/α-hetero) is 1. The van der Waals surface area contributed by atoms with E-state index in [2.05, 4.69) is 64.8 Å². The third kappa shape index (κ3) is 10.9. The number of rotatable bonds is 15. The quantitative estimate of drug-likeness (QED) is 0.157. The molecule has 0 aromatic carbocycles. The lowest BCUT2D eigenvalue weighted by Gasteiger charge is -2.36. The van der Waals surface area contributed by atoms with Crippen molar-refractivity contribution in [3.8, 4) is 0 Å². The van der Waals surface area contributed by atoms with Gasteiger partial charge < -0.3 is 33.9 Å². The highest BCUT2D eigenvalue weighted by atomic mass is 16.6. The van der Waals surface area contributed by atoms with E-state index in [4.69, 9.17) is 18.9 Å². The van der Waals surface area contributed by atoms with Gasteiger partial charge in [-0.05, 0) is 103 Å². The van der Waals surface area contributed by atoms with Crippen molar-refractivity contribution >= 4 is 11.9 Å². The Morgan fingerprint density at radius 3 is 2.38 bits per heavy atom. The van der Waals surface area contributed by atoms with E-state index in [1.54, 1.807) is 14.0 Å². The van der Waals surface area contributed by atoms with Crippen LogP contribution < -0.4 is 0 Å². The number of carbonyl (C=O) groups excluding carboxylic acids is 2. The van der Waals surface area contributed by atoms with Gasteiger partial charge in [-0.15, -0.1) is 0 Å². The van der Waals surface area contributed by atoms with Crippen LogP contribution in [0.2, 0.25) is 0 Å². The molecular weight excluding hydrogens is 608 g/mol. The van der Waals surface area contributed by atoms with Crippen molar-refractivity contribution in [1.82, 2.24) is 9.80 Å². The van der Waals surface area contributed by atoms with E-state index in [1.165, 1.54) is 5.57 Å². The zero-order chi connectivity index (χ0) is 35.0. The molecule has 9 heteroatoms. The van der Waals surface area contributed by atoms with Gasteiger partial charge in [0, 0.05) is 51.5 Å². The molecule has 3 saturated heterocycles. The molecule has 274 valence electrons. The van der Waals surface area contributed by atoms with Gasteiger partial charge in [-0.3, -0.25) is 4.79 Å². The van der Waals surface area contributed by atoms with Crippen molar-refractivity contribution in [3.05, 3.63) is 23.8 Å². The number of likely N-dealkylation sites (N-methyl/N-ethyl adjacent to an activating group) is 1. The number of amides is 1. The van der Waals surface area contributed by atoms with Crippen LogP contribution in [0.1, 0.15) is 99.3 Å². The number of methoxy groups -OCH3 is 1. The first-order valence-electron chi connectivity index (χ1n) is 18.8. The number of aliphatic hydroxyl groups is 1. The predicted octanol–water partition coefficient (Wildman–Crippen LogP) is 6.43. The summed E-state index contributed by atoms with van der Waals surface area (Å²) in [4.78, 5) is 29.6. The van der Waals surface area contributed by atoms with E-state index in [0.29, 0.717) is 36.6 Å². The lowest BCUT2D eigenvalue weighted by Crippen LogP contribution is -2.47. The number of aliphatic hydroxyl groups excluding tert-OH is 1. The molecule has 9 nitrogen and oxygen atoms in total. The molecule has 1 aliphatic carbocycles. The van der Waals surface area contributed by atoms with Crippen LogP contribution in [0, 0.1) is 29.6 Å². The molecule has 48 heavy (non-hydrogen) atoms. The topological polar surface area (TPSA) is 101 Å². The van der Waals surface area contributed by atoms with E-state index in [0.717, 1.165) is 77.5 Å². The van der Waals surface area contributed by atoms with Gasteiger partial charge in [-0.2, -0.15) is 0 Å². The first-order chi connectivity index (χ1) is 22.8. The number of hydrogen-bond acceptors (Lipinski definition) is 8. The van der Waals surface area contributed by atoms with Crippen LogP contribution >= 0.6 is 0 Å². The summed E-state index contributed by atoms with van der Waals surface area (Å²) < 4.78 is 23.9. The standard InChI is InChI=1S/C39H66N2O7/c1-26(24-39(6)37(48-39)29(4)36(45-8)30(5)42)10-9-11-27(2)35-28(3)12-17-33(47-35)18-19-34(43)32-15-13-31(14-16-32)25-46-38(44)41-22-20-40(7)21-23-41/h9-11,26,28-33,35-37,42H,12-25H2,1-8H3/b10-9+,27-11+/t26-,28+,29-,30-,31?,32?,33-,35-,36-,37-,39-/m1/s1. The molecule has 3 aliphatic heterocycles. The van der Waals surface area contributed by atoms with Crippen LogP contribution in [-0.4, -0.2) is 110 Å². The average molecular weight is 675 g/mol. The summed E-state index contributed by atoms with van der Waals surface area (Å²) in [5, 5.41) is 10.1. The molecule has 1 saturated carbocycles. The van der Waals surface area contributed by atoms with Gasteiger partial charge >= 0.3 is 6.09 Å². The van der Waals surface area contributed by atoms with Crippen molar-refractivity contribution in [1.29, 1.82) is 0 Å². The zero-order valence-electron chi connectivity index (χ0n) is 31.2. The minimum absolute atomic E-state index is 0.0729. The second-order valence-electron chi connectivity index (χ2n) is 16.0. The van der Waals surface area contributed by atoms with E-state index in [-0.39, 0.29) is 47.9 Å². The van der Waals surface area contributed by atoms with Crippen molar-refractivity contribution in [2.24, 2.45) is 29.6 Å². The Bertz CT molecular complexity index is 1090. The fourth-order valence-corrected chi connectivity index (χ4v) is 8.51. The maximum absolute atomic E-state index is 13.2. The average Bonchev–Trinajstić information content (AvgIpc) is 3.73. The molecule has 0 spiro atoms. The number of piperazine rings is 1. The highest BCUT2D eigenvalue weighted by Gasteiger charge is 2.56. The van der Waals surface area contributed by atoms with Gasteiger partial charge in [-0.25, -0.2) is 4.79 Å². The number of ketones is 1. The Hall–Kier alpha value is -1.78. The van der Waals surface area contributed by atoms with Crippen LogP contribution in [-0.2, 0) is 23.7 Å². The molecule has 4 aliphatic rings. The molecule has 0 radical (unpaired) electrons. The number of ether oxygens (including phenoxy) is 4. The minimum atomic E-state index is -0.531. The number of allylic oxidation sites excluding steroid dienone is 3. The summed E-state index contributed by atoms with van der Waals surface area (Å²) in [7, 11) is 3.73. The molecule has 3 heterocycles. The largest absolute Gasteiger partial charge is 0.449 e. The summed E-state index contributed by atoms with van der Waals surface area (Å²) in [5.41, 5.74) is 1.03. The van der Waals surface area contributed by atoms with Gasteiger partial charge in [-0.1, -0.05) is 39.0 Å². The smallest absolute Gasteiger partial charge is 0.409 e. The summed E-state index contributed by atoms with van der Waals surface area (Å²) in [6.45, 7) is 16.4. The van der Waals surface area contributed by atoms with Crippen LogP contribution in [0.3, 0.4) is 0 Å². The number of carbonyl (C=O) groups is 2. The molecule has 4 fully saturated rings. The second-order valence-corrected chi connectivity index (χ2v) is 16.0. The predicted molar refractivity (Wildman–Crippen MR) is 189 cm³/mol. The molecule has 1 N–H and O–H groups in total. The van der Waals surface area contributed by atoms with Crippen LogP contribution in [0.25, 0.3) is 0 Å². The second kappa shape index (κ2) is 17.9. The number of epoxide rings is 1. The zero-order valence-corrected chi connectivity index (χ0v) is 31.2. The van der Waals surface area contributed by atoms with Crippen molar-refractivity contribution < 1.29 is 33.6 Å². The Labute approximate surface area is 290 Å². The summed E-state index contributed by atoms with van der Waals surface area (Å²) in [6.07, 6.45) is 14.0. The lowest BCUT2D eigenvalue weighted by atomic mass is 9.79. The monoisotopic (exact) mass is 674 g/mol. The van der Waals surface area contributed by atoms with Crippen molar-refractivity contribution in [3.63, 3.8) is 0 Å². The maximum atomic E-state index is 13.2. The Morgan fingerprint density at radius 1 is 1.04 bits per heavy atom. The van der Waals surface area contributed by atoms with Gasteiger partial charge in [0.1, 0.15) is 5.78 Å². The number of hydrogen-bond donors (Lipinski definition) is 1. The first kappa shape index (κ1) is 39.0. The van der Waals surface area contributed by atoms with E-state index < -0.39 is 6.10 Å². The fourth-order valence-electron chi connectivity index (χ4n) is 8.51. The normalized spacial score (nSPS) is 34.4. The molecule has 9 atom stereocenters.